The number of nitrogens with one attached hydrogen (secondary N) is 1. The largest absolute Gasteiger partial charge is 0.311 e. The summed E-state index contributed by atoms with van der Waals surface area (Å²) in [6.45, 7) is 6.72. The third-order valence-electron chi connectivity index (χ3n) is 3.92. The minimum atomic E-state index is 0.769. The molecule has 1 aromatic heterocycles. The smallest absolute Gasteiger partial charge is 0.0684 e. The van der Waals surface area contributed by atoms with Crippen molar-refractivity contribution in [3.8, 4) is 0 Å². The van der Waals surface area contributed by atoms with Gasteiger partial charge in [0, 0.05) is 27.7 Å². The fraction of sp³-hybridized carbons (Fsp3) is 0.667. The summed E-state index contributed by atoms with van der Waals surface area (Å²) in [5.41, 5.74) is 1.07. The van der Waals surface area contributed by atoms with E-state index in [0.29, 0.717) is 0 Å². The predicted octanol–water partition coefficient (Wildman–Crippen LogP) is 3.96. The second kappa shape index (κ2) is 8.47. The molecule has 5 heteroatoms. The van der Waals surface area contributed by atoms with Gasteiger partial charge >= 0.3 is 0 Å². The van der Waals surface area contributed by atoms with Crippen molar-refractivity contribution in [2.45, 2.75) is 45.2 Å². The van der Waals surface area contributed by atoms with Crippen molar-refractivity contribution >= 4 is 31.9 Å². The summed E-state index contributed by atoms with van der Waals surface area (Å²) in [6, 6.07) is 2.81. The summed E-state index contributed by atoms with van der Waals surface area (Å²) in [4.78, 5) is 7.03. The van der Waals surface area contributed by atoms with Gasteiger partial charge in [0.05, 0.1) is 5.69 Å². The molecule has 1 aromatic rings. The number of piperidine rings is 1. The molecule has 112 valence electrons. The molecule has 1 saturated heterocycles. The highest BCUT2D eigenvalue weighted by molar-refractivity contribution is 9.11. The predicted molar refractivity (Wildman–Crippen MR) is 90.8 cm³/mol. The zero-order valence-corrected chi connectivity index (χ0v) is 15.2. The fourth-order valence-electron chi connectivity index (χ4n) is 2.68. The average Bonchev–Trinajstić information content (AvgIpc) is 2.42. The highest BCUT2D eigenvalue weighted by Gasteiger charge is 2.16. The zero-order valence-electron chi connectivity index (χ0n) is 12.0. The molecule has 1 unspecified atom stereocenters. The molecule has 1 N–H and O–H groups in total. The molecule has 2 rings (SSSR count). The number of aromatic nitrogens is 1. The number of pyridine rings is 1. The van der Waals surface area contributed by atoms with Gasteiger partial charge in [-0.1, -0.05) is 6.42 Å². The maximum absolute atomic E-state index is 4.41. The Morgan fingerprint density at radius 3 is 3.00 bits per heavy atom. The number of likely N-dealkylation sites (tertiary alicyclic amines) is 1. The maximum Gasteiger partial charge on any atom is 0.0684 e. The molecule has 1 fully saturated rings. The fourth-order valence-corrected chi connectivity index (χ4v) is 3.80. The molecule has 2 heterocycles. The summed E-state index contributed by atoms with van der Waals surface area (Å²) in [5.74, 6) is 0. The van der Waals surface area contributed by atoms with E-state index in [9.17, 15) is 0 Å². The van der Waals surface area contributed by atoms with E-state index in [2.05, 4.69) is 54.0 Å². The summed E-state index contributed by atoms with van der Waals surface area (Å²) < 4.78 is 2.07. The number of hydrogen-bond acceptors (Lipinski definition) is 3. The van der Waals surface area contributed by atoms with Gasteiger partial charge in [0.2, 0.25) is 0 Å². The molecule has 1 atom stereocenters. The zero-order chi connectivity index (χ0) is 14.4. The van der Waals surface area contributed by atoms with Crippen LogP contribution < -0.4 is 5.32 Å². The van der Waals surface area contributed by atoms with Crippen molar-refractivity contribution in [3.05, 3.63) is 26.9 Å². The SMILES string of the molecule is CC1CCCCN1CCCNCc1ncc(Br)cc1Br. The van der Waals surface area contributed by atoms with E-state index < -0.39 is 0 Å². The van der Waals surface area contributed by atoms with Crippen LogP contribution >= 0.6 is 31.9 Å². The van der Waals surface area contributed by atoms with Gasteiger partial charge in [0.1, 0.15) is 0 Å². The van der Waals surface area contributed by atoms with Crippen molar-refractivity contribution in [2.24, 2.45) is 0 Å². The third kappa shape index (κ3) is 5.10. The van der Waals surface area contributed by atoms with E-state index in [0.717, 1.165) is 33.8 Å². The quantitative estimate of drug-likeness (QED) is 0.727. The summed E-state index contributed by atoms with van der Waals surface area (Å²) in [5, 5.41) is 3.48. The Kier molecular flexibility index (Phi) is 6.94. The van der Waals surface area contributed by atoms with Gasteiger partial charge in [-0.15, -0.1) is 0 Å². The van der Waals surface area contributed by atoms with Crippen molar-refractivity contribution in [1.29, 1.82) is 0 Å². The van der Waals surface area contributed by atoms with Gasteiger partial charge in [0.25, 0.3) is 0 Å². The number of halogens is 2. The average molecular weight is 405 g/mol. The van der Waals surface area contributed by atoms with Gasteiger partial charge < -0.3 is 10.2 Å². The minimum Gasteiger partial charge on any atom is -0.311 e. The Morgan fingerprint density at radius 1 is 1.40 bits per heavy atom. The van der Waals surface area contributed by atoms with Crippen molar-refractivity contribution in [1.82, 2.24) is 15.2 Å². The lowest BCUT2D eigenvalue weighted by Gasteiger charge is -2.33. The van der Waals surface area contributed by atoms with Crippen LogP contribution in [0.2, 0.25) is 0 Å². The Balaban J connectivity index is 1.64. The Hall–Kier alpha value is 0.0300. The van der Waals surface area contributed by atoms with Crippen LogP contribution in [0.15, 0.2) is 21.2 Å². The minimum absolute atomic E-state index is 0.769. The highest BCUT2D eigenvalue weighted by Crippen LogP contribution is 2.19. The topological polar surface area (TPSA) is 28.2 Å². The van der Waals surface area contributed by atoms with Crippen molar-refractivity contribution in [2.75, 3.05) is 19.6 Å². The highest BCUT2D eigenvalue weighted by atomic mass is 79.9. The standard InChI is InChI=1S/C15H23Br2N3/c1-12-5-2-3-7-20(12)8-4-6-18-11-15-14(17)9-13(16)10-19-15/h9-10,12,18H,2-8,11H2,1H3. The Labute approximate surface area is 138 Å². The molecular weight excluding hydrogens is 382 g/mol. The van der Waals surface area contributed by atoms with Crippen LogP contribution in [-0.4, -0.2) is 35.6 Å². The van der Waals surface area contributed by atoms with E-state index in [1.54, 1.807) is 0 Å². The molecule has 0 aliphatic carbocycles. The van der Waals surface area contributed by atoms with Crippen LogP contribution in [-0.2, 0) is 6.54 Å². The van der Waals surface area contributed by atoms with Gasteiger partial charge in [-0.2, -0.15) is 0 Å². The number of nitrogens with zero attached hydrogens (tertiary/aromatic N) is 2. The van der Waals surface area contributed by atoms with Crippen LogP contribution in [0, 0.1) is 0 Å². The normalized spacial score (nSPS) is 20.2. The van der Waals surface area contributed by atoms with E-state index in [1.807, 2.05) is 12.3 Å². The molecular formula is C15H23Br2N3. The van der Waals surface area contributed by atoms with Crippen LogP contribution in [0.5, 0.6) is 0 Å². The van der Waals surface area contributed by atoms with E-state index in [-0.39, 0.29) is 0 Å². The van der Waals surface area contributed by atoms with Crippen molar-refractivity contribution < 1.29 is 0 Å². The Morgan fingerprint density at radius 2 is 2.25 bits per heavy atom. The lowest BCUT2D eigenvalue weighted by atomic mass is 10.0. The van der Waals surface area contributed by atoms with Crippen LogP contribution in [0.3, 0.4) is 0 Å². The first kappa shape index (κ1) is 16.4. The number of hydrogen-bond donors (Lipinski definition) is 1. The third-order valence-corrected chi connectivity index (χ3v) is 5.04. The van der Waals surface area contributed by atoms with Crippen LogP contribution in [0.25, 0.3) is 0 Å². The summed E-state index contributed by atoms with van der Waals surface area (Å²) in [6.07, 6.45) is 7.19. The molecule has 20 heavy (non-hydrogen) atoms. The summed E-state index contributed by atoms with van der Waals surface area (Å²) in [7, 11) is 0. The molecule has 0 saturated carbocycles. The molecule has 3 nitrogen and oxygen atoms in total. The molecule has 1 aliphatic heterocycles. The van der Waals surface area contributed by atoms with Crippen LogP contribution in [0.4, 0.5) is 0 Å². The van der Waals surface area contributed by atoms with E-state index >= 15 is 0 Å². The van der Waals surface area contributed by atoms with Gasteiger partial charge in [-0.3, -0.25) is 4.98 Å². The first-order valence-electron chi connectivity index (χ1n) is 7.41. The molecule has 0 amide bonds. The Bertz CT molecular complexity index is 426. The first-order valence-corrected chi connectivity index (χ1v) is 9.00. The van der Waals surface area contributed by atoms with E-state index in [4.69, 9.17) is 0 Å². The lowest BCUT2D eigenvalue weighted by Crippen LogP contribution is -2.38. The molecule has 0 radical (unpaired) electrons. The van der Waals surface area contributed by atoms with E-state index in [1.165, 1.54) is 38.8 Å². The molecule has 0 spiro atoms. The van der Waals surface area contributed by atoms with Gasteiger partial charge in [-0.05, 0) is 83.7 Å². The molecule has 1 aliphatic rings. The number of rotatable bonds is 6. The molecule has 0 bridgehead atoms. The van der Waals surface area contributed by atoms with Gasteiger partial charge in [-0.25, -0.2) is 0 Å². The van der Waals surface area contributed by atoms with Crippen LogP contribution in [0.1, 0.15) is 38.3 Å². The molecule has 0 aromatic carbocycles. The van der Waals surface area contributed by atoms with Gasteiger partial charge in [0.15, 0.2) is 0 Å². The monoisotopic (exact) mass is 403 g/mol. The lowest BCUT2D eigenvalue weighted by molar-refractivity contribution is 0.159. The van der Waals surface area contributed by atoms with Crippen molar-refractivity contribution in [3.63, 3.8) is 0 Å². The summed E-state index contributed by atoms with van der Waals surface area (Å²) >= 11 is 6.97. The maximum atomic E-state index is 4.41. The first-order chi connectivity index (χ1) is 9.66. The second-order valence-corrected chi connectivity index (χ2v) is 7.26. The second-order valence-electron chi connectivity index (χ2n) is 5.49.